The lowest BCUT2D eigenvalue weighted by Crippen LogP contribution is -2.31. The molecule has 1 spiro atoms. The van der Waals surface area contributed by atoms with Crippen molar-refractivity contribution in [1.29, 1.82) is 0 Å². The van der Waals surface area contributed by atoms with E-state index in [-0.39, 0.29) is 29.4 Å². The van der Waals surface area contributed by atoms with Crippen molar-refractivity contribution in [3.8, 4) is 0 Å². The highest BCUT2D eigenvalue weighted by atomic mass is 35.5. The van der Waals surface area contributed by atoms with Gasteiger partial charge in [-0.05, 0) is 55.9 Å². The van der Waals surface area contributed by atoms with E-state index in [1.54, 1.807) is 13.3 Å². The van der Waals surface area contributed by atoms with Crippen molar-refractivity contribution >= 4 is 29.0 Å². The third-order valence-electron chi connectivity index (χ3n) is 7.45. The van der Waals surface area contributed by atoms with Crippen LogP contribution in [0, 0.1) is 5.82 Å². The van der Waals surface area contributed by atoms with Crippen LogP contribution >= 0.6 is 11.6 Å². The van der Waals surface area contributed by atoms with Crippen LogP contribution in [0.25, 0.3) is 0 Å². The lowest BCUT2D eigenvalue weighted by atomic mass is 9.76. The van der Waals surface area contributed by atoms with Crippen LogP contribution in [0.3, 0.4) is 0 Å². The van der Waals surface area contributed by atoms with Crippen LogP contribution in [0.2, 0.25) is 0 Å². The number of nitrogens with one attached hydrogen (secondary N) is 1. The number of hydrogen-bond donors (Lipinski definition) is 3. The number of methoxy groups -OCH3 is 1. The maximum Gasteiger partial charge on any atom is 0.193 e. The Labute approximate surface area is 200 Å². The van der Waals surface area contributed by atoms with Crippen LogP contribution in [0.1, 0.15) is 81.9 Å². The van der Waals surface area contributed by atoms with Gasteiger partial charge in [0.1, 0.15) is 17.5 Å². The number of aliphatic imine (C=N–C) groups is 2. The fourth-order valence-corrected chi connectivity index (χ4v) is 5.79. The van der Waals surface area contributed by atoms with Gasteiger partial charge in [-0.3, -0.25) is 4.99 Å². The van der Waals surface area contributed by atoms with Gasteiger partial charge in [-0.1, -0.05) is 43.7 Å². The third kappa shape index (κ3) is 4.81. The molecule has 0 amide bonds. The van der Waals surface area contributed by atoms with Crippen molar-refractivity contribution in [3.05, 3.63) is 40.3 Å². The SMILES string of the molecule is CC1=Nc2c(F)cc(C3N=C(N)NC=C3Cl)cc2C12CCCC2.COC1CCCCCC1O. The number of hydrogen-bond acceptors (Lipinski definition) is 6. The van der Waals surface area contributed by atoms with Crippen molar-refractivity contribution in [3.63, 3.8) is 0 Å². The first-order valence-electron chi connectivity index (χ1n) is 11.9. The highest BCUT2D eigenvalue weighted by molar-refractivity contribution is 6.30. The Morgan fingerprint density at radius 1 is 1.18 bits per heavy atom. The van der Waals surface area contributed by atoms with Crippen molar-refractivity contribution in [2.75, 3.05) is 7.11 Å². The molecule has 0 radical (unpaired) electrons. The van der Waals surface area contributed by atoms with Crippen LogP contribution in [0.5, 0.6) is 0 Å². The number of rotatable bonds is 2. The molecule has 1 aromatic rings. The van der Waals surface area contributed by atoms with Crippen molar-refractivity contribution in [1.82, 2.24) is 5.32 Å². The number of nitrogens with two attached hydrogens (primary N) is 1. The maximum atomic E-state index is 14.7. The number of halogens is 2. The van der Waals surface area contributed by atoms with Gasteiger partial charge >= 0.3 is 0 Å². The van der Waals surface area contributed by atoms with Crippen LogP contribution in [-0.4, -0.2) is 36.1 Å². The normalized spacial score (nSPS) is 28.0. The third-order valence-corrected chi connectivity index (χ3v) is 7.77. The zero-order valence-corrected chi connectivity index (χ0v) is 20.2. The van der Waals surface area contributed by atoms with E-state index in [4.69, 9.17) is 22.1 Å². The largest absolute Gasteiger partial charge is 0.390 e. The molecule has 4 N–H and O–H groups in total. The van der Waals surface area contributed by atoms with Gasteiger partial charge in [0.15, 0.2) is 5.96 Å². The van der Waals surface area contributed by atoms with E-state index in [1.807, 2.05) is 13.0 Å². The van der Waals surface area contributed by atoms with Crippen molar-refractivity contribution in [2.45, 2.75) is 88.4 Å². The van der Waals surface area contributed by atoms with E-state index in [0.717, 1.165) is 61.8 Å². The zero-order valence-electron chi connectivity index (χ0n) is 19.4. The van der Waals surface area contributed by atoms with Crippen LogP contribution in [0.4, 0.5) is 10.1 Å². The Bertz CT molecular complexity index is 971. The lowest BCUT2D eigenvalue weighted by molar-refractivity contribution is -0.0148. The molecule has 3 unspecified atom stereocenters. The molecule has 2 aliphatic carbocycles. The number of nitrogens with zero attached hydrogens (tertiary/aromatic N) is 2. The van der Waals surface area contributed by atoms with E-state index < -0.39 is 6.04 Å². The Kier molecular flexibility index (Phi) is 7.41. The summed E-state index contributed by atoms with van der Waals surface area (Å²) in [5, 5.41) is 12.7. The summed E-state index contributed by atoms with van der Waals surface area (Å²) >= 11 is 6.25. The summed E-state index contributed by atoms with van der Waals surface area (Å²) < 4.78 is 19.8. The van der Waals surface area contributed by atoms with E-state index in [0.29, 0.717) is 10.7 Å². The maximum absolute atomic E-state index is 14.7. The summed E-state index contributed by atoms with van der Waals surface area (Å²) in [6, 6.07) is 3.04. The van der Waals surface area contributed by atoms with Gasteiger partial charge in [0.2, 0.25) is 0 Å². The molecule has 2 saturated carbocycles. The molecule has 33 heavy (non-hydrogen) atoms. The van der Waals surface area contributed by atoms with E-state index >= 15 is 0 Å². The summed E-state index contributed by atoms with van der Waals surface area (Å²) in [5.74, 6) is -0.0271. The molecule has 8 heteroatoms. The van der Waals surface area contributed by atoms with Gasteiger partial charge < -0.3 is 20.9 Å². The number of ether oxygens (including phenoxy) is 1. The molecule has 6 nitrogen and oxygen atoms in total. The van der Waals surface area contributed by atoms with Crippen molar-refractivity contribution < 1.29 is 14.2 Å². The topological polar surface area (TPSA) is 92.2 Å². The highest BCUT2D eigenvalue weighted by Crippen LogP contribution is 2.52. The molecule has 2 fully saturated rings. The molecule has 0 bridgehead atoms. The Morgan fingerprint density at radius 3 is 2.64 bits per heavy atom. The minimum absolute atomic E-state index is 0.0995. The van der Waals surface area contributed by atoms with Gasteiger partial charge in [0.05, 0.1) is 17.2 Å². The molecular formula is C25H34ClFN4O2. The number of fused-ring (bicyclic) bond motifs is 2. The molecule has 5 rings (SSSR count). The Balaban J connectivity index is 0.000000219. The monoisotopic (exact) mass is 476 g/mol. The second-order valence-corrected chi connectivity index (χ2v) is 9.89. The van der Waals surface area contributed by atoms with Crippen LogP contribution < -0.4 is 11.1 Å². The van der Waals surface area contributed by atoms with E-state index in [1.165, 1.54) is 18.9 Å². The Hall–Kier alpha value is -1.96. The molecule has 3 atom stereocenters. The summed E-state index contributed by atoms with van der Waals surface area (Å²) in [5.41, 5.74) is 8.85. The molecule has 2 aliphatic heterocycles. The molecule has 0 saturated heterocycles. The van der Waals surface area contributed by atoms with Gasteiger partial charge in [0, 0.05) is 24.4 Å². The smallest absolute Gasteiger partial charge is 0.193 e. The van der Waals surface area contributed by atoms with Gasteiger partial charge in [-0.2, -0.15) is 0 Å². The fourth-order valence-electron chi connectivity index (χ4n) is 5.56. The Morgan fingerprint density at radius 2 is 1.91 bits per heavy atom. The predicted molar refractivity (Wildman–Crippen MR) is 131 cm³/mol. The second kappa shape index (κ2) is 10.1. The van der Waals surface area contributed by atoms with Gasteiger partial charge in [0.25, 0.3) is 0 Å². The first kappa shape index (κ1) is 24.2. The molecule has 1 aromatic carbocycles. The molecule has 2 heterocycles. The molecule has 0 aromatic heterocycles. The summed E-state index contributed by atoms with van der Waals surface area (Å²) in [4.78, 5) is 8.84. The second-order valence-electron chi connectivity index (χ2n) is 9.46. The first-order valence-corrected chi connectivity index (χ1v) is 12.3. The molecular weight excluding hydrogens is 443 g/mol. The number of aliphatic hydroxyl groups excluding tert-OH is 1. The zero-order chi connectivity index (χ0) is 23.6. The minimum atomic E-state index is -0.461. The molecule has 180 valence electrons. The standard InChI is InChI=1S/C17H18ClFN4.C8H16O2/c1-9-17(4-2-3-5-17)11-6-10(7-13(19)15(11)22-9)14-12(18)8-21-16(20)23-14;1-10-8-6-4-2-3-5-7(8)9/h6-8,14H,2-5H2,1H3,(H3,20,21,23);7-9H,2-6H2,1H3. The minimum Gasteiger partial charge on any atom is -0.390 e. The summed E-state index contributed by atoms with van der Waals surface area (Å²) in [7, 11) is 1.68. The number of guanidine groups is 1. The van der Waals surface area contributed by atoms with Gasteiger partial charge in [-0.15, -0.1) is 0 Å². The summed E-state index contributed by atoms with van der Waals surface area (Å²) in [6.07, 6.45) is 11.4. The highest BCUT2D eigenvalue weighted by Gasteiger charge is 2.44. The van der Waals surface area contributed by atoms with Crippen molar-refractivity contribution in [2.24, 2.45) is 15.7 Å². The van der Waals surface area contributed by atoms with Crippen LogP contribution in [-0.2, 0) is 10.2 Å². The fraction of sp³-hybridized carbons (Fsp3) is 0.600. The van der Waals surface area contributed by atoms with E-state index in [9.17, 15) is 9.50 Å². The quantitative estimate of drug-likeness (QED) is 0.517. The molecule has 4 aliphatic rings. The average Bonchev–Trinajstić information content (AvgIpc) is 3.33. The number of benzene rings is 1. The average molecular weight is 477 g/mol. The summed E-state index contributed by atoms with van der Waals surface area (Å²) in [6.45, 7) is 2.01. The number of aliphatic hydroxyl groups is 1. The predicted octanol–water partition coefficient (Wildman–Crippen LogP) is 5.11. The first-order chi connectivity index (χ1) is 15.9. The van der Waals surface area contributed by atoms with Crippen LogP contribution in [0.15, 0.2) is 33.3 Å². The van der Waals surface area contributed by atoms with E-state index in [2.05, 4.69) is 15.3 Å². The van der Waals surface area contributed by atoms with Gasteiger partial charge in [-0.25, -0.2) is 9.38 Å². The lowest BCUT2D eigenvalue weighted by Gasteiger charge is -2.26.